The first-order valence-corrected chi connectivity index (χ1v) is 7.26. The summed E-state index contributed by atoms with van der Waals surface area (Å²) in [5, 5.41) is 0. The third kappa shape index (κ3) is 84.6. The minimum Gasteiger partial charge on any atom is -0.412 e. The summed E-state index contributed by atoms with van der Waals surface area (Å²) >= 11 is 0. The van der Waals surface area contributed by atoms with E-state index in [1.54, 1.807) is 0 Å². The van der Waals surface area contributed by atoms with Crippen LogP contribution in [0.15, 0.2) is 0 Å². The van der Waals surface area contributed by atoms with E-state index in [1.807, 2.05) is 0 Å². The Morgan fingerprint density at radius 3 is 0.565 bits per heavy atom. The third-order valence-electron chi connectivity index (χ3n) is 1.99. The average Bonchev–Trinajstić information content (AvgIpc) is 2.25. The Hall–Kier alpha value is 0.799. The van der Waals surface area contributed by atoms with Gasteiger partial charge in [0.25, 0.3) is 0 Å². The molecule has 4 N–H and O–H groups in total. The molecule has 6 nitrogen and oxygen atoms in total. The summed E-state index contributed by atoms with van der Waals surface area (Å²) in [6, 6.07) is 0. The standard InChI is InChI=1S/2C6H16N2.C3H8.2Cu.2H2O/c2*1-7(2)5-6-8(3)4;1-3-2;;;;/h2*5-6H2,1-4H3;3H2,1-2H3;;;2*1H2/q;;;2*+2;;. The predicted octanol–water partition coefficient (Wildman–Crippen LogP) is -0.0189. The molecule has 0 atom stereocenters. The van der Waals surface area contributed by atoms with E-state index in [0.717, 1.165) is 26.2 Å². The summed E-state index contributed by atoms with van der Waals surface area (Å²) in [5.41, 5.74) is 0. The Kier molecular flexibility index (Phi) is 65.2. The van der Waals surface area contributed by atoms with Gasteiger partial charge >= 0.3 is 34.1 Å². The molecule has 0 bridgehead atoms. The molecule has 0 aromatic heterocycles. The Morgan fingerprint density at radius 2 is 0.522 bits per heavy atom. The summed E-state index contributed by atoms with van der Waals surface area (Å²) in [4.78, 5) is 8.72. The molecule has 0 aromatic carbocycles. The fraction of sp³-hybridized carbons (Fsp3) is 1.00. The SMILES string of the molecule is CCC.CN(C)CCN(C)C.CN(C)CCN(C)C.O.O.[Cu+2].[Cu+2]. The molecule has 0 aliphatic heterocycles. The largest absolute Gasteiger partial charge is 2.00 e. The molecule has 0 rings (SSSR count). The van der Waals surface area contributed by atoms with Gasteiger partial charge in [-0.3, -0.25) is 0 Å². The fourth-order valence-electron chi connectivity index (χ4n) is 0.800. The van der Waals surface area contributed by atoms with Gasteiger partial charge in [0.2, 0.25) is 0 Å². The van der Waals surface area contributed by atoms with Crippen molar-refractivity contribution in [3.8, 4) is 0 Å². The number of nitrogens with zero attached hydrogens (tertiary/aromatic N) is 4. The minimum atomic E-state index is 0. The zero-order valence-electron chi connectivity index (χ0n) is 16.9. The second-order valence-corrected chi connectivity index (χ2v) is 5.92. The van der Waals surface area contributed by atoms with Crippen LogP contribution in [-0.2, 0) is 34.1 Å². The van der Waals surface area contributed by atoms with Crippen molar-refractivity contribution >= 4 is 0 Å². The molecular formula is C15H44Cu2N4O2+4. The summed E-state index contributed by atoms with van der Waals surface area (Å²) in [5.74, 6) is 0. The van der Waals surface area contributed by atoms with Crippen LogP contribution in [0.5, 0.6) is 0 Å². The third-order valence-corrected chi connectivity index (χ3v) is 1.99. The number of hydrogen-bond donors (Lipinski definition) is 0. The number of hydrogen-bond acceptors (Lipinski definition) is 4. The van der Waals surface area contributed by atoms with Crippen LogP contribution in [0.3, 0.4) is 0 Å². The molecule has 0 saturated heterocycles. The zero-order valence-corrected chi connectivity index (χ0v) is 18.8. The smallest absolute Gasteiger partial charge is 0.412 e. The van der Waals surface area contributed by atoms with Crippen molar-refractivity contribution in [2.24, 2.45) is 0 Å². The van der Waals surface area contributed by atoms with Crippen LogP contribution >= 0.6 is 0 Å². The molecular weight excluding hydrogens is 395 g/mol. The maximum atomic E-state index is 2.18. The van der Waals surface area contributed by atoms with E-state index in [4.69, 9.17) is 0 Å². The van der Waals surface area contributed by atoms with Gasteiger partial charge in [-0.2, -0.15) is 0 Å². The van der Waals surface area contributed by atoms with E-state index in [0.29, 0.717) is 0 Å². The molecule has 0 amide bonds. The van der Waals surface area contributed by atoms with Crippen LogP contribution in [0.2, 0.25) is 0 Å². The Morgan fingerprint density at radius 1 is 0.435 bits per heavy atom. The normalized spacial score (nSPS) is 8.61. The minimum absolute atomic E-state index is 0. The van der Waals surface area contributed by atoms with Crippen molar-refractivity contribution in [2.75, 3.05) is 82.6 Å². The molecule has 0 unspecified atom stereocenters. The molecule has 0 spiro atoms. The maximum absolute atomic E-state index is 2.18. The van der Waals surface area contributed by atoms with E-state index in [1.165, 1.54) is 6.42 Å². The van der Waals surface area contributed by atoms with Crippen LogP contribution in [0, 0.1) is 0 Å². The topological polar surface area (TPSA) is 76.0 Å². The van der Waals surface area contributed by atoms with Crippen molar-refractivity contribution in [1.82, 2.24) is 19.6 Å². The quantitative estimate of drug-likeness (QED) is 0.545. The zero-order chi connectivity index (χ0) is 15.8. The van der Waals surface area contributed by atoms with E-state index >= 15 is 0 Å². The van der Waals surface area contributed by atoms with Gasteiger partial charge in [-0.1, -0.05) is 20.3 Å². The monoisotopic (exact) mass is 438 g/mol. The Balaban J connectivity index is -0.0000000331. The van der Waals surface area contributed by atoms with Crippen LogP contribution < -0.4 is 0 Å². The average molecular weight is 440 g/mol. The van der Waals surface area contributed by atoms with E-state index < -0.39 is 0 Å². The van der Waals surface area contributed by atoms with E-state index in [9.17, 15) is 0 Å². The first-order valence-electron chi connectivity index (χ1n) is 7.26. The van der Waals surface area contributed by atoms with Crippen LogP contribution in [0.25, 0.3) is 0 Å². The van der Waals surface area contributed by atoms with Crippen LogP contribution in [0.1, 0.15) is 20.3 Å². The second-order valence-electron chi connectivity index (χ2n) is 5.92. The molecule has 0 heterocycles. The number of likely N-dealkylation sites (N-methyl/N-ethyl adjacent to an activating group) is 4. The van der Waals surface area contributed by atoms with Crippen molar-refractivity contribution in [3.05, 3.63) is 0 Å². The predicted molar refractivity (Wildman–Crippen MR) is 97.4 cm³/mol. The first-order chi connectivity index (χ1) is 8.67. The molecule has 0 fully saturated rings. The van der Waals surface area contributed by atoms with E-state index in [2.05, 4.69) is 89.8 Å². The summed E-state index contributed by atoms with van der Waals surface area (Å²) in [6.07, 6.45) is 1.25. The van der Waals surface area contributed by atoms with Gasteiger partial charge in [0, 0.05) is 26.2 Å². The van der Waals surface area contributed by atoms with Gasteiger partial charge in [0.15, 0.2) is 0 Å². The Labute approximate surface area is 167 Å². The molecule has 8 heteroatoms. The molecule has 0 saturated carbocycles. The maximum Gasteiger partial charge on any atom is 2.00 e. The van der Waals surface area contributed by atoms with Gasteiger partial charge in [0.05, 0.1) is 0 Å². The molecule has 0 aromatic rings. The molecule has 0 aliphatic rings. The molecule has 154 valence electrons. The van der Waals surface area contributed by atoms with Crippen molar-refractivity contribution < 1.29 is 45.1 Å². The van der Waals surface area contributed by atoms with Crippen molar-refractivity contribution in [2.45, 2.75) is 20.3 Å². The van der Waals surface area contributed by atoms with Gasteiger partial charge < -0.3 is 30.6 Å². The summed E-state index contributed by atoms with van der Waals surface area (Å²) in [6.45, 7) is 8.83. The van der Waals surface area contributed by atoms with Crippen LogP contribution in [0.4, 0.5) is 0 Å². The van der Waals surface area contributed by atoms with E-state index in [-0.39, 0.29) is 45.1 Å². The van der Waals surface area contributed by atoms with Gasteiger partial charge in [-0.05, 0) is 56.4 Å². The molecule has 0 aliphatic carbocycles. The van der Waals surface area contributed by atoms with Gasteiger partial charge in [-0.25, -0.2) is 0 Å². The van der Waals surface area contributed by atoms with Gasteiger partial charge in [0.1, 0.15) is 0 Å². The Bertz CT molecular complexity index is 132. The number of rotatable bonds is 6. The second kappa shape index (κ2) is 34.2. The fourth-order valence-corrected chi connectivity index (χ4v) is 0.800. The first kappa shape index (κ1) is 43.8. The van der Waals surface area contributed by atoms with Gasteiger partial charge in [-0.15, -0.1) is 0 Å². The summed E-state index contributed by atoms with van der Waals surface area (Å²) < 4.78 is 0. The van der Waals surface area contributed by atoms with Crippen LogP contribution in [-0.4, -0.2) is 113 Å². The molecule has 2 radical (unpaired) electrons. The van der Waals surface area contributed by atoms with Crippen molar-refractivity contribution in [3.63, 3.8) is 0 Å². The molecule has 23 heavy (non-hydrogen) atoms. The summed E-state index contributed by atoms with van der Waals surface area (Å²) in [7, 11) is 16.7. The van der Waals surface area contributed by atoms with Crippen molar-refractivity contribution in [1.29, 1.82) is 0 Å².